The van der Waals surface area contributed by atoms with Crippen LogP contribution in [0.4, 0.5) is 0 Å². The van der Waals surface area contributed by atoms with E-state index in [1.165, 1.54) is 11.3 Å². The first-order valence-electron chi connectivity index (χ1n) is 4.65. The lowest BCUT2D eigenvalue weighted by Gasteiger charge is -2.26. The van der Waals surface area contributed by atoms with Crippen molar-refractivity contribution in [3.63, 3.8) is 0 Å². The zero-order valence-electron chi connectivity index (χ0n) is 7.76. The van der Waals surface area contributed by atoms with Gasteiger partial charge in [0.2, 0.25) is 0 Å². The lowest BCUT2D eigenvalue weighted by molar-refractivity contribution is 0.265. The van der Waals surface area contributed by atoms with Crippen LogP contribution >= 0.6 is 15.9 Å². The molecule has 70 valence electrons. The van der Waals surface area contributed by atoms with E-state index in [0.717, 1.165) is 30.5 Å². The molecule has 1 aliphatic heterocycles. The first-order chi connectivity index (χ1) is 6.29. The summed E-state index contributed by atoms with van der Waals surface area (Å²) in [6, 6.07) is 2.18. The maximum atomic E-state index is 4.41. The molecule has 0 N–H and O–H groups in total. The molecule has 2 heterocycles. The van der Waals surface area contributed by atoms with Crippen molar-refractivity contribution in [3.8, 4) is 0 Å². The third-order valence-electron chi connectivity index (χ3n) is 2.53. The first-order valence-corrected chi connectivity index (χ1v) is 5.44. The molecule has 13 heavy (non-hydrogen) atoms. The standard InChI is InChI=1S/C10H13BrN2/c1-2-13-4-3-10-8(7-13)5-9(11)6-12-10/h5-6H,2-4,7H2,1H3. The summed E-state index contributed by atoms with van der Waals surface area (Å²) < 4.78 is 1.09. The topological polar surface area (TPSA) is 16.1 Å². The maximum Gasteiger partial charge on any atom is 0.0462 e. The van der Waals surface area contributed by atoms with Crippen molar-refractivity contribution >= 4 is 15.9 Å². The molecule has 0 bridgehead atoms. The Hall–Kier alpha value is -0.410. The van der Waals surface area contributed by atoms with E-state index in [0.29, 0.717) is 0 Å². The molecule has 1 aromatic heterocycles. The SMILES string of the molecule is CCN1CCc2ncc(Br)cc2C1. The van der Waals surface area contributed by atoms with Crippen LogP contribution in [0.5, 0.6) is 0 Å². The largest absolute Gasteiger partial charge is 0.299 e. The van der Waals surface area contributed by atoms with Crippen molar-refractivity contribution in [2.24, 2.45) is 0 Å². The highest BCUT2D eigenvalue weighted by atomic mass is 79.9. The summed E-state index contributed by atoms with van der Waals surface area (Å²) in [5.74, 6) is 0. The number of halogens is 1. The number of hydrogen-bond acceptors (Lipinski definition) is 2. The predicted octanol–water partition coefficient (Wildman–Crippen LogP) is 2.22. The van der Waals surface area contributed by atoms with Gasteiger partial charge in [-0.2, -0.15) is 0 Å². The molecule has 0 saturated carbocycles. The second-order valence-corrected chi connectivity index (χ2v) is 4.29. The van der Waals surface area contributed by atoms with Gasteiger partial charge in [0.25, 0.3) is 0 Å². The van der Waals surface area contributed by atoms with Gasteiger partial charge >= 0.3 is 0 Å². The molecular weight excluding hydrogens is 228 g/mol. The van der Waals surface area contributed by atoms with Gasteiger partial charge in [-0.3, -0.25) is 9.88 Å². The van der Waals surface area contributed by atoms with Gasteiger partial charge in [0.15, 0.2) is 0 Å². The average molecular weight is 241 g/mol. The van der Waals surface area contributed by atoms with Gasteiger partial charge < -0.3 is 0 Å². The monoisotopic (exact) mass is 240 g/mol. The highest BCUT2D eigenvalue weighted by molar-refractivity contribution is 9.10. The number of hydrogen-bond donors (Lipinski definition) is 0. The average Bonchev–Trinajstić information content (AvgIpc) is 2.16. The van der Waals surface area contributed by atoms with E-state index in [-0.39, 0.29) is 0 Å². The van der Waals surface area contributed by atoms with Crippen molar-refractivity contribution in [1.82, 2.24) is 9.88 Å². The summed E-state index contributed by atoms with van der Waals surface area (Å²) >= 11 is 3.45. The number of aromatic nitrogens is 1. The van der Waals surface area contributed by atoms with Crippen molar-refractivity contribution in [1.29, 1.82) is 0 Å². The predicted molar refractivity (Wildman–Crippen MR) is 56.6 cm³/mol. The molecule has 0 spiro atoms. The summed E-state index contributed by atoms with van der Waals surface area (Å²) in [6.07, 6.45) is 2.98. The van der Waals surface area contributed by atoms with Crippen molar-refractivity contribution in [3.05, 3.63) is 28.0 Å². The van der Waals surface area contributed by atoms with Crippen LogP contribution in [-0.2, 0) is 13.0 Å². The van der Waals surface area contributed by atoms with Crippen LogP contribution in [0.1, 0.15) is 18.2 Å². The molecule has 0 aliphatic carbocycles. The molecule has 0 unspecified atom stereocenters. The van der Waals surface area contributed by atoms with E-state index >= 15 is 0 Å². The zero-order valence-corrected chi connectivity index (χ0v) is 9.34. The van der Waals surface area contributed by atoms with Crippen LogP contribution in [0.2, 0.25) is 0 Å². The van der Waals surface area contributed by atoms with Gasteiger partial charge in [-0.15, -0.1) is 0 Å². The number of nitrogens with zero attached hydrogens (tertiary/aromatic N) is 2. The molecule has 1 aromatic rings. The number of pyridine rings is 1. The van der Waals surface area contributed by atoms with E-state index in [1.807, 2.05) is 6.20 Å². The third-order valence-corrected chi connectivity index (χ3v) is 2.97. The summed E-state index contributed by atoms with van der Waals surface area (Å²) in [7, 11) is 0. The van der Waals surface area contributed by atoms with Gasteiger partial charge in [0.05, 0.1) is 0 Å². The van der Waals surface area contributed by atoms with Gasteiger partial charge in [0.1, 0.15) is 0 Å². The lowest BCUT2D eigenvalue weighted by Crippen LogP contribution is -2.30. The van der Waals surface area contributed by atoms with Crippen LogP contribution in [0.3, 0.4) is 0 Å². The Bertz CT molecular complexity index is 312. The number of fused-ring (bicyclic) bond motifs is 1. The number of likely N-dealkylation sites (N-methyl/N-ethyl adjacent to an activating group) is 1. The Morgan fingerprint density at radius 3 is 3.23 bits per heavy atom. The number of rotatable bonds is 1. The molecule has 0 fully saturated rings. The molecule has 0 atom stereocenters. The summed E-state index contributed by atoms with van der Waals surface area (Å²) in [6.45, 7) is 5.54. The van der Waals surface area contributed by atoms with Gasteiger partial charge in [-0.1, -0.05) is 6.92 Å². The molecule has 0 amide bonds. The Labute approximate surface area is 87.1 Å². The molecule has 1 aliphatic rings. The Balaban J connectivity index is 2.27. The van der Waals surface area contributed by atoms with Crippen LogP contribution < -0.4 is 0 Å². The minimum atomic E-state index is 1.05. The maximum absolute atomic E-state index is 4.41. The van der Waals surface area contributed by atoms with Crippen molar-refractivity contribution in [2.75, 3.05) is 13.1 Å². The Morgan fingerprint density at radius 2 is 2.46 bits per heavy atom. The zero-order chi connectivity index (χ0) is 9.26. The van der Waals surface area contributed by atoms with Crippen LogP contribution in [0.15, 0.2) is 16.7 Å². The van der Waals surface area contributed by atoms with Crippen molar-refractivity contribution < 1.29 is 0 Å². The fourth-order valence-electron chi connectivity index (χ4n) is 1.73. The highest BCUT2D eigenvalue weighted by Crippen LogP contribution is 2.20. The third kappa shape index (κ3) is 1.92. The summed E-state index contributed by atoms with van der Waals surface area (Å²) in [5, 5.41) is 0. The Kier molecular flexibility index (Phi) is 2.65. The van der Waals surface area contributed by atoms with Gasteiger partial charge in [-0.25, -0.2) is 0 Å². The van der Waals surface area contributed by atoms with Gasteiger partial charge in [0, 0.05) is 35.9 Å². The van der Waals surface area contributed by atoms with Crippen LogP contribution in [0, 0.1) is 0 Å². The first kappa shape index (κ1) is 9.16. The van der Waals surface area contributed by atoms with E-state index in [9.17, 15) is 0 Å². The lowest BCUT2D eigenvalue weighted by atomic mass is 10.1. The van der Waals surface area contributed by atoms with E-state index in [4.69, 9.17) is 0 Å². The molecule has 0 saturated heterocycles. The fourth-order valence-corrected chi connectivity index (χ4v) is 2.10. The fraction of sp³-hybridized carbons (Fsp3) is 0.500. The van der Waals surface area contributed by atoms with Gasteiger partial charge in [-0.05, 0) is 34.1 Å². The second kappa shape index (κ2) is 3.76. The molecule has 3 heteroatoms. The smallest absolute Gasteiger partial charge is 0.0462 e. The second-order valence-electron chi connectivity index (χ2n) is 3.38. The molecule has 0 radical (unpaired) electrons. The van der Waals surface area contributed by atoms with E-state index < -0.39 is 0 Å². The molecule has 2 nitrogen and oxygen atoms in total. The molecule has 0 aromatic carbocycles. The minimum Gasteiger partial charge on any atom is -0.299 e. The highest BCUT2D eigenvalue weighted by Gasteiger charge is 2.15. The summed E-state index contributed by atoms with van der Waals surface area (Å²) in [4.78, 5) is 6.85. The molecule has 2 rings (SSSR count). The van der Waals surface area contributed by atoms with Crippen molar-refractivity contribution in [2.45, 2.75) is 19.9 Å². The van der Waals surface area contributed by atoms with Crippen LogP contribution in [0.25, 0.3) is 0 Å². The minimum absolute atomic E-state index is 1.05. The van der Waals surface area contributed by atoms with Crippen LogP contribution in [-0.4, -0.2) is 23.0 Å². The van der Waals surface area contributed by atoms with E-state index in [2.05, 4.69) is 38.8 Å². The molecular formula is C10H13BrN2. The Morgan fingerprint density at radius 1 is 1.62 bits per heavy atom. The summed E-state index contributed by atoms with van der Waals surface area (Å²) in [5.41, 5.74) is 2.65. The quantitative estimate of drug-likeness (QED) is 0.749. The normalized spacial score (nSPS) is 17.1. The van der Waals surface area contributed by atoms with E-state index in [1.54, 1.807) is 0 Å².